The summed E-state index contributed by atoms with van der Waals surface area (Å²) in [4.78, 5) is 17.6. The van der Waals surface area contributed by atoms with Gasteiger partial charge in [0.25, 0.3) is 0 Å². The number of piperidine rings is 1. The van der Waals surface area contributed by atoms with Crippen LogP contribution in [0.1, 0.15) is 24.0 Å². The van der Waals surface area contributed by atoms with Gasteiger partial charge in [-0.2, -0.15) is 0 Å². The molecule has 0 aliphatic carbocycles. The van der Waals surface area contributed by atoms with E-state index in [0.717, 1.165) is 80.5 Å². The van der Waals surface area contributed by atoms with Crippen molar-refractivity contribution >= 4 is 5.91 Å². The number of hydrogen-bond donors (Lipinski definition) is 0. The molecule has 5 rings (SSSR count). The van der Waals surface area contributed by atoms with Crippen molar-refractivity contribution in [2.24, 2.45) is 5.92 Å². The fourth-order valence-electron chi connectivity index (χ4n) is 5.28. The van der Waals surface area contributed by atoms with Crippen molar-refractivity contribution in [3.63, 3.8) is 0 Å². The maximum Gasteiger partial charge on any atom is 0.231 e. The van der Waals surface area contributed by atoms with Crippen molar-refractivity contribution in [3.05, 3.63) is 41.5 Å². The average molecular weight is 483 g/mol. The van der Waals surface area contributed by atoms with Gasteiger partial charge in [-0.15, -0.1) is 0 Å². The summed E-state index contributed by atoms with van der Waals surface area (Å²) in [7, 11) is 3.28. The monoisotopic (exact) mass is 482 g/mol. The lowest BCUT2D eigenvalue weighted by atomic mass is 9.97. The highest BCUT2D eigenvalue weighted by Crippen LogP contribution is 2.35. The number of hydrogen-bond acceptors (Lipinski definition) is 7. The fraction of sp³-hybridized carbons (Fsp3) is 0.519. The largest absolute Gasteiger partial charge is 0.493 e. The summed E-state index contributed by atoms with van der Waals surface area (Å²) >= 11 is 0. The van der Waals surface area contributed by atoms with Crippen LogP contribution in [-0.4, -0.2) is 76.1 Å². The van der Waals surface area contributed by atoms with Gasteiger partial charge in [-0.1, -0.05) is 0 Å². The Morgan fingerprint density at radius 1 is 1.00 bits per heavy atom. The van der Waals surface area contributed by atoms with E-state index < -0.39 is 0 Å². The number of ether oxygens (including phenoxy) is 5. The van der Waals surface area contributed by atoms with E-state index in [-0.39, 0.29) is 12.7 Å². The predicted molar refractivity (Wildman–Crippen MR) is 131 cm³/mol. The van der Waals surface area contributed by atoms with Crippen molar-refractivity contribution in [3.8, 4) is 28.7 Å². The Labute approximate surface area is 206 Å². The molecule has 1 amide bonds. The summed E-state index contributed by atoms with van der Waals surface area (Å²) in [5, 5.41) is 0. The van der Waals surface area contributed by atoms with Crippen LogP contribution in [-0.2, 0) is 17.6 Å². The molecule has 2 aromatic carbocycles. The second kappa shape index (κ2) is 10.6. The lowest BCUT2D eigenvalue weighted by molar-refractivity contribution is -0.131. The molecular formula is C27H34N2O6. The van der Waals surface area contributed by atoms with Crippen molar-refractivity contribution in [1.29, 1.82) is 0 Å². The number of rotatable bonds is 8. The van der Waals surface area contributed by atoms with Gasteiger partial charge in [0.2, 0.25) is 12.7 Å². The zero-order valence-electron chi connectivity index (χ0n) is 20.6. The maximum absolute atomic E-state index is 13.1. The van der Waals surface area contributed by atoms with Crippen LogP contribution in [0.5, 0.6) is 28.7 Å². The molecule has 3 aliphatic rings. The van der Waals surface area contributed by atoms with E-state index in [2.05, 4.69) is 9.80 Å². The van der Waals surface area contributed by atoms with Crippen LogP contribution in [0, 0.1) is 5.92 Å². The molecule has 8 heteroatoms. The fourth-order valence-corrected chi connectivity index (χ4v) is 5.28. The van der Waals surface area contributed by atoms with E-state index in [1.165, 1.54) is 5.56 Å². The highest BCUT2D eigenvalue weighted by atomic mass is 16.7. The van der Waals surface area contributed by atoms with Crippen molar-refractivity contribution in [2.45, 2.75) is 25.7 Å². The van der Waals surface area contributed by atoms with E-state index in [4.69, 9.17) is 23.7 Å². The van der Waals surface area contributed by atoms with Gasteiger partial charge in [0.1, 0.15) is 12.4 Å². The average Bonchev–Trinajstić information content (AvgIpc) is 3.29. The molecule has 0 saturated carbocycles. The van der Waals surface area contributed by atoms with Gasteiger partial charge in [-0.25, -0.2) is 0 Å². The Morgan fingerprint density at radius 3 is 2.63 bits per heavy atom. The van der Waals surface area contributed by atoms with Gasteiger partial charge in [0.15, 0.2) is 23.0 Å². The first-order chi connectivity index (χ1) is 17.1. The van der Waals surface area contributed by atoms with Gasteiger partial charge in [-0.3, -0.25) is 9.69 Å². The number of likely N-dealkylation sites (tertiary alicyclic amines) is 1. The van der Waals surface area contributed by atoms with Gasteiger partial charge >= 0.3 is 0 Å². The Morgan fingerprint density at radius 2 is 1.80 bits per heavy atom. The molecule has 0 N–H and O–H groups in total. The van der Waals surface area contributed by atoms with E-state index in [1.807, 2.05) is 30.3 Å². The number of carbonyl (C=O) groups excluding carboxylic acids is 1. The quantitative estimate of drug-likeness (QED) is 0.573. The first-order valence-corrected chi connectivity index (χ1v) is 12.4. The third-order valence-electron chi connectivity index (χ3n) is 7.15. The van der Waals surface area contributed by atoms with E-state index in [0.29, 0.717) is 24.7 Å². The lowest BCUT2D eigenvalue weighted by Crippen LogP contribution is -2.44. The van der Waals surface area contributed by atoms with Crippen LogP contribution < -0.4 is 23.7 Å². The number of fused-ring (bicyclic) bond motifs is 2. The molecule has 1 saturated heterocycles. The highest BCUT2D eigenvalue weighted by molar-refractivity contribution is 5.80. The molecule has 3 heterocycles. The van der Waals surface area contributed by atoms with Crippen molar-refractivity contribution in [2.75, 3.05) is 60.3 Å². The van der Waals surface area contributed by atoms with Crippen LogP contribution in [0.15, 0.2) is 30.3 Å². The van der Waals surface area contributed by atoms with E-state index >= 15 is 0 Å². The minimum absolute atomic E-state index is 0.194. The molecule has 188 valence electrons. The minimum atomic E-state index is 0.194. The van der Waals surface area contributed by atoms with Crippen molar-refractivity contribution < 1.29 is 28.5 Å². The summed E-state index contributed by atoms with van der Waals surface area (Å²) in [6.07, 6.45) is 3.54. The van der Waals surface area contributed by atoms with Crippen molar-refractivity contribution in [1.82, 2.24) is 9.80 Å². The number of methoxy groups -OCH3 is 2. The Hall–Kier alpha value is -3.13. The minimum Gasteiger partial charge on any atom is -0.493 e. The van der Waals surface area contributed by atoms with Crippen LogP contribution in [0.2, 0.25) is 0 Å². The van der Waals surface area contributed by atoms with E-state index in [1.54, 1.807) is 14.2 Å². The van der Waals surface area contributed by atoms with Crippen LogP contribution >= 0.6 is 0 Å². The van der Waals surface area contributed by atoms with Gasteiger partial charge < -0.3 is 28.6 Å². The second-order valence-corrected chi connectivity index (χ2v) is 9.41. The van der Waals surface area contributed by atoms with Gasteiger partial charge in [0, 0.05) is 32.2 Å². The number of carbonyl (C=O) groups is 1. The summed E-state index contributed by atoms with van der Waals surface area (Å²) in [6.45, 7) is 5.36. The Bertz CT molecular complexity index is 1060. The normalized spacial score (nSPS) is 19.8. The first kappa shape index (κ1) is 23.6. The molecular weight excluding hydrogens is 448 g/mol. The Kier molecular flexibility index (Phi) is 7.18. The maximum atomic E-state index is 13.1. The zero-order chi connectivity index (χ0) is 24.2. The van der Waals surface area contributed by atoms with Crippen LogP contribution in [0.3, 0.4) is 0 Å². The molecule has 2 aromatic rings. The molecule has 1 unspecified atom stereocenters. The van der Waals surface area contributed by atoms with Gasteiger partial charge in [0.05, 0.1) is 20.6 Å². The first-order valence-electron chi connectivity index (χ1n) is 12.4. The number of nitrogens with zero attached hydrogens (tertiary/aromatic N) is 2. The smallest absolute Gasteiger partial charge is 0.231 e. The topological polar surface area (TPSA) is 69.7 Å². The summed E-state index contributed by atoms with van der Waals surface area (Å²) in [6, 6.07) is 9.67. The molecule has 0 bridgehead atoms. The molecule has 3 aliphatic heterocycles. The molecule has 1 fully saturated rings. The molecule has 0 radical (unpaired) electrons. The van der Waals surface area contributed by atoms with Crippen LogP contribution in [0.4, 0.5) is 0 Å². The molecule has 1 atom stereocenters. The number of amides is 1. The molecule has 35 heavy (non-hydrogen) atoms. The highest BCUT2D eigenvalue weighted by Gasteiger charge is 2.27. The summed E-state index contributed by atoms with van der Waals surface area (Å²) in [5.74, 6) is 4.37. The van der Waals surface area contributed by atoms with Gasteiger partial charge in [-0.05, 0) is 67.1 Å². The standard InChI is InChI=1S/C27H34N2O6/c1-31-24-12-20-7-9-29(27(30)14-21(20)13-25(24)32-2)17-19-4-3-8-28(16-19)10-11-33-22-5-6-23-26(15-22)35-18-34-23/h5-6,12-13,15,19H,3-4,7-11,14,16-18H2,1-2H3. The summed E-state index contributed by atoms with van der Waals surface area (Å²) < 4.78 is 27.6. The van der Waals surface area contributed by atoms with Crippen LogP contribution in [0.25, 0.3) is 0 Å². The lowest BCUT2D eigenvalue weighted by Gasteiger charge is -2.35. The third-order valence-corrected chi connectivity index (χ3v) is 7.15. The molecule has 8 nitrogen and oxygen atoms in total. The predicted octanol–water partition coefficient (Wildman–Crippen LogP) is 3.15. The second-order valence-electron chi connectivity index (χ2n) is 9.41. The number of benzene rings is 2. The zero-order valence-corrected chi connectivity index (χ0v) is 20.6. The summed E-state index contributed by atoms with van der Waals surface area (Å²) in [5.41, 5.74) is 2.21. The molecule has 0 aromatic heterocycles. The third kappa shape index (κ3) is 5.42. The molecule has 0 spiro atoms. The van der Waals surface area contributed by atoms with E-state index in [9.17, 15) is 4.79 Å². The SMILES string of the molecule is COc1cc2c(cc1OC)CC(=O)N(CC1CCCN(CCOc3ccc4c(c3)OCO4)C1)CC2. The Balaban J connectivity index is 1.13.